The van der Waals surface area contributed by atoms with Crippen molar-refractivity contribution >= 4 is 10.9 Å². The van der Waals surface area contributed by atoms with Crippen LogP contribution in [0.2, 0.25) is 0 Å². The highest BCUT2D eigenvalue weighted by atomic mass is 16.2. The van der Waals surface area contributed by atoms with Gasteiger partial charge in [0.15, 0.2) is 0 Å². The van der Waals surface area contributed by atoms with Gasteiger partial charge >= 0.3 is 5.69 Å². The summed E-state index contributed by atoms with van der Waals surface area (Å²) in [7, 11) is 0. The van der Waals surface area contributed by atoms with Crippen molar-refractivity contribution in [2.24, 2.45) is 5.73 Å². The van der Waals surface area contributed by atoms with Gasteiger partial charge in [0.05, 0.1) is 17.6 Å². The fourth-order valence-electron chi connectivity index (χ4n) is 1.53. The van der Waals surface area contributed by atoms with Crippen molar-refractivity contribution in [2.45, 2.75) is 13.6 Å². The second-order valence-electron chi connectivity index (χ2n) is 3.39. The Balaban J connectivity index is 2.99. The van der Waals surface area contributed by atoms with Gasteiger partial charge in [0.25, 0.3) is 5.56 Å². The first-order chi connectivity index (χ1) is 7.13. The third kappa shape index (κ3) is 1.46. The van der Waals surface area contributed by atoms with Crippen LogP contribution >= 0.6 is 0 Å². The summed E-state index contributed by atoms with van der Waals surface area (Å²) in [6.07, 6.45) is 0. The molecule has 1 aromatic heterocycles. The predicted molar refractivity (Wildman–Crippen MR) is 57.8 cm³/mol. The molecule has 0 unspecified atom stereocenters. The highest BCUT2D eigenvalue weighted by molar-refractivity contribution is 5.77. The maximum Gasteiger partial charge on any atom is 0.329 e. The maximum atomic E-state index is 11.8. The monoisotopic (exact) mass is 205 g/mol. The number of fused-ring (bicyclic) bond motifs is 1. The molecule has 1 aromatic carbocycles. The number of aromatic nitrogens is 2. The number of nitrogens with two attached hydrogens (primary N) is 1. The fourth-order valence-corrected chi connectivity index (χ4v) is 1.53. The average molecular weight is 205 g/mol. The number of aromatic amines is 1. The average Bonchev–Trinajstić information content (AvgIpc) is 2.20. The van der Waals surface area contributed by atoms with Crippen LogP contribution in [0.5, 0.6) is 0 Å². The van der Waals surface area contributed by atoms with Gasteiger partial charge < -0.3 is 10.7 Å². The zero-order valence-electron chi connectivity index (χ0n) is 8.28. The van der Waals surface area contributed by atoms with Crippen molar-refractivity contribution in [3.8, 4) is 0 Å². The van der Waals surface area contributed by atoms with Crippen molar-refractivity contribution in [3.05, 3.63) is 44.6 Å². The molecule has 0 amide bonds. The minimum atomic E-state index is -0.473. The molecule has 5 heteroatoms. The molecule has 0 spiro atoms. The van der Waals surface area contributed by atoms with Crippen LogP contribution in [0.25, 0.3) is 10.9 Å². The van der Waals surface area contributed by atoms with Gasteiger partial charge in [-0.2, -0.15) is 0 Å². The van der Waals surface area contributed by atoms with E-state index in [1.165, 1.54) is 0 Å². The Kier molecular flexibility index (Phi) is 2.17. The predicted octanol–water partition coefficient (Wildman–Crippen LogP) is -0.0856. The van der Waals surface area contributed by atoms with E-state index in [0.717, 1.165) is 10.1 Å². The Morgan fingerprint density at radius 3 is 2.80 bits per heavy atom. The normalized spacial score (nSPS) is 10.8. The number of nitrogens with zero attached hydrogens (tertiary/aromatic N) is 1. The van der Waals surface area contributed by atoms with Crippen molar-refractivity contribution < 1.29 is 0 Å². The fraction of sp³-hybridized carbons (Fsp3) is 0.200. The Hall–Kier alpha value is -1.88. The molecule has 3 N–H and O–H groups in total. The minimum Gasteiger partial charge on any atom is -0.313 e. The van der Waals surface area contributed by atoms with E-state index < -0.39 is 5.69 Å². The first kappa shape index (κ1) is 9.67. The van der Waals surface area contributed by atoms with Gasteiger partial charge in [-0.3, -0.25) is 4.79 Å². The quantitative estimate of drug-likeness (QED) is 0.683. The molecule has 2 rings (SSSR count). The van der Waals surface area contributed by atoms with Crippen LogP contribution < -0.4 is 17.0 Å². The zero-order chi connectivity index (χ0) is 11.0. The lowest BCUT2D eigenvalue weighted by Crippen LogP contribution is -2.37. The molecule has 2 aromatic rings. The molecule has 0 fully saturated rings. The number of hydrogen-bond acceptors (Lipinski definition) is 3. The topological polar surface area (TPSA) is 80.9 Å². The summed E-state index contributed by atoms with van der Waals surface area (Å²) >= 11 is 0. The molecule has 0 aliphatic heterocycles. The molecule has 0 radical (unpaired) electrons. The van der Waals surface area contributed by atoms with Crippen LogP contribution in [-0.4, -0.2) is 9.55 Å². The van der Waals surface area contributed by atoms with Gasteiger partial charge in [-0.15, -0.1) is 0 Å². The van der Waals surface area contributed by atoms with Gasteiger partial charge in [-0.25, -0.2) is 9.36 Å². The van der Waals surface area contributed by atoms with Crippen LogP contribution in [0.3, 0.4) is 0 Å². The third-order valence-corrected chi connectivity index (χ3v) is 2.32. The molecule has 1 heterocycles. The van der Waals surface area contributed by atoms with Crippen LogP contribution in [0, 0.1) is 6.92 Å². The van der Waals surface area contributed by atoms with Crippen LogP contribution in [0.1, 0.15) is 5.56 Å². The summed E-state index contributed by atoms with van der Waals surface area (Å²) in [5.41, 5.74) is 6.01. The van der Waals surface area contributed by atoms with E-state index in [4.69, 9.17) is 5.73 Å². The van der Waals surface area contributed by atoms with Crippen molar-refractivity contribution in [3.63, 3.8) is 0 Å². The van der Waals surface area contributed by atoms with E-state index in [2.05, 4.69) is 4.98 Å². The SMILES string of the molecule is Cc1ccc2[nH]c(=O)n(CN)c(=O)c2c1. The highest BCUT2D eigenvalue weighted by Crippen LogP contribution is 2.07. The third-order valence-electron chi connectivity index (χ3n) is 2.32. The van der Waals surface area contributed by atoms with Gasteiger partial charge in [0.1, 0.15) is 0 Å². The molecule has 78 valence electrons. The molecular weight excluding hydrogens is 194 g/mol. The number of H-pyrrole nitrogens is 1. The number of aryl methyl sites for hydroxylation is 1. The van der Waals surface area contributed by atoms with Crippen LogP contribution in [0.15, 0.2) is 27.8 Å². The van der Waals surface area contributed by atoms with Gasteiger partial charge in [-0.05, 0) is 19.1 Å². The first-order valence-corrected chi connectivity index (χ1v) is 4.57. The second kappa shape index (κ2) is 3.36. The van der Waals surface area contributed by atoms with Crippen molar-refractivity contribution in [1.29, 1.82) is 0 Å². The van der Waals surface area contributed by atoms with E-state index in [1.54, 1.807) is 12.1 Å². The smallest absolute Gasteiger partial charge is 0.313 e. The zero-order valence-corrected chi connectivity index (χ0v) is 8.28. The van der Waals surface area contributed by atoms with E-state index >= 15 is 0 Å². The van der Waals surface area contributed by atoms with Crippen molar-refractivity contribution in [1.82, 2.24) is 9.55 Å². The van der Waals surface area contributed by atoms with Gasteiger partial charge in [0.2, 0.25) is 0 Å². The molecule has 0 aliphatic carbocycles. The summed E-state index contributed by atoms with van der Waals surface area (Å²) in [5, 5.41) is 0.486. The van der Waals surface area contributed by atoms with E-state index in [0.29, 0.717) is 10.9 Å². The summed E-state index contributed by atoms with van der Waals surface area (Å²) in [5.74, 6) is 0. The standard InChI is InChI=1S/C10H11N3O2/c1-6-2-3-8-7(4-6)9(14)13(5-11)10(15)12-8/h2-4H,5,11H2,1H3,(H,12,15). The van der Waals surface area contributed by atoms with Crippen LogP contribution in [0.4, 0.5) is 0 Å². The Morgan fingerprint density at radius 1 is 1.40 bits per heavy atom. The minimum absolute atomic E-state index is 0.113. The first-order valence-electron chi connectivity index (χ1n) is 4.57. The maximum absolute atomic E-state index is 11.8. The molecule has 0 bridgehead atoms. The Bertz CT molecular complexity index is 625. The van der Waals surface area contributed by atoms with Gasteiger partial charge in [0, 0.05) is 0 Å². The number of benzene rings is 1. The van der Waals surface area contributed by atoms with Crippen molar-refractivity contribution in [2.75, 3.05) is 0 Å². The molecule has 15 heavy (non-hydrogen) atoms. The number of nitrogens with one attached hydrogen (secondary N) is 1. The highest BCUT2D eigenvalue weighted by Gasteiger charge is 2.05. The molecule has 0 saturated carbocycles. The lowest BCUT2D eigenvalue weighted by Gasteiger charge is -2.03. The van der Waals surface area contributed by atoms with E-state index in [9.17, 15) is 9.59 Å². The largest absolute Gasteiger partial charge is 0.329 e. The molecule has 5 nitrogen and oxygen atoms in total. The second-order valence-corrected chi connectivity index (χ2v) is 3.39. The van der Waals surface area contributed by atoms with Gasteiger partial charge in [-0.1, -0.05) is 11.6 Å². The lowest BCUT2D eigenvalue weighted by molar-refractivity contribution is 0.661. The Morgan fingerprint density at radius 2 is 2.13 bits per heavy atom. The molecular formula is C10H11N3O2. The summed E-state index contributed by atoms with van der Waals surface area (Å²) in [6, 6.07) is 5.29. The van der Waals surface area contributed by atoms with E-state index in [1.807, 2.05) is 13.0 Å². The summed E-state index contributed by atoms with van der Waals surface area (Å²) in [4.78, 5) is 25.8. The molecule has 0 saturated heterocycles. The molecule has 0 aliphatic rings. The summed E-state index contributed by atoms with van der Waals surface area (Å²) < 4.78 is 0.974. The van der Waals surface area contributed by atoms with E-state index in [-0.39, 0.29) is 12.2 Å². The summed E-state index contributed by atoms with van der Waals surface area (Å²) in [6.45, 7) is 1.77. The lowest BCUT2D eigenvalue weighted by atomic mass is 10.2. The number of rotatable bonds is 1. The molecule has 0 atom stereocenters. The number of hydrogen-bond donors (Lipinski definition) is 2. The Labute approximate surface area is 85.2 Å². The van der Waals surface area contributed by atoms with Crippen LogP contribution in [-0.2, 0) is 6.67 Å².